The molecule has 0 saturated heterocycles. The van der Waals surface area contributed by atoms with E-state index in [1.165, 1.54) is 12.1 Å². The summed E-state index contributed by atoms with van der Waals surface area (Å²) in [4.78, 5) is 29.6. The van der Waals surface area contributed by atoms with Crippen molar-refractivity contribution in [3.63, 3.8) is 0 Å². The number of rotatable bonds is 4. The van der Waals surface area contributed by atoms with E-state index in [1.807, 2.05) is 12.1 Å². The average Bonchev–Trinajstić information content (AvgIpc) is 2.74. The fourth-order valence-electron chi connectivity index (χ4n) is 2.87. The molecule has 0 aliphatic rings. The lowest BCUT2D eigenvalue weighted by Gasteiger charge is -2.09. The molecule has 0 atom stereocenters. The Morgan fingerprint density at radius 3 is 2.32 bits per heavy atom. The van der Waals surface area contributed by atoms with Gasteiger partial charge in [0, 0.05) is 10.9 Å². The predicted octanol–water partition coefficient (Wildman–Crippen LogP) is 4.39. The molecule has 1 heterocycles. The van der Waals surface area contributed by atoms with Crippen molar-refractivity contribution in [1.29, 1.82) is 0 Å². The predicted molar refractivity (Wildman–Crippen MR) is 105 cm³/mol. The molecule has 5 nitrogen and oxygen atoms in total. The molecule has 0 radical (unpaired) electrons. The van der Waals surface area contributed by atoms with Crippen LogP contribution in [0.1, 0.15) is 26.4 Å². The number of esters is 1. The molecule has 0 unspecified atom stereocenters. The van der Waals surface area contributed by atoms with Crippen LogP contribution in [0.25, 0.3) is 10.9 Å². The van der Waals surface area contributed by atoms with Crippen molar-refractivity contribution < 1.29 is 19.4 Å². The Morgan fingerprint density at radius 1 is 0.786 bits per heavy atom. The summed E-state index contributed by atoms with van der Waals surface area (Å²) in [6.45, 7) is 0. The second-order valence-electron chi connectivity index (χ2n) is 6.13. The Morgan fingerprint density at radius 2 is 1.54 bits per heavy atom. The van der Waals surface area contributed by atoms with E-state index < -0.39 is 5.97 Å². The summed E-state index contributed by atoms with van der Waals surface area (Å²) in [5, 5.41) is 10.6. The van der Waals surface area contributed by atoms with Gasteiger partial charge in [0.25, 0.3) is 0 Å². The number of aromatic hydroxyl groups is 1. The minimum atomic E-state index is -0.702. The summed E-state index contributed by atoms with van der Waals surface area (Å²) in [6, 6.07) is 23.5. The van der Waals surface area contributed by atoms with Crippen molar-refractivity contribution in [1.82, 2.24) is 4.98 Å². The molecular weight excluding hydrogens is 354 g/mol. The van der Waals surface area contributed by atoms with Crippen LogP contribution in [0.4, 0.5) is 0 Å². The fraction of sp³-hybridized carbons (Fsp3) is 0. The van der Waals surface area contributed by atoms with E-state index in [0.717, 1.165) is 5.39 Å². The van der Waals surface area contributed by atoms with Gasteiger partial charge in [-0.1, -0.05) is 60.7 Å². The lowest BCUT2D eigenvalue weighted by atomic mass is 10.1. The number of hydrogen-bond acceptors (Lipinski definition) is 5. The number of carbonyl (C=O) groups excluding carboxylic acids is 2. The average molecular weight is 369 g/mol. The number of phenolic OH excluding ortho intramolecular Hbond substituents is 1. The Labute approximate surface area is 160 Å². The lowest BCUT2D eigenvalue weighted by molar-refractivity contribution is 0.0733. The van der Waals surface area contributed by atoms with Crippen LogP contribution < -0.4 is 4.74 Å². The molecule has 1 N–H and O–H groups in total. The minimum absolute atomic E-state index is 0.0519. The molecule has 1 aromatic heterocycles. The molecule has 4 rings (SSSR count). The van der Waals surface area contributed by atoms with E-state index >= 15 is 0 Å². The van der Waals surface area contributed by atoms with Gasteiger partial charge in [-0.25, -0.2) is 9.78 Å². The first-order valence-corrected chi connectivity index (χ1v) is 8.63. The van der Waals surface area contributed by atoms with Crippen LogP contribution in [0.5, 0.6) is 11.5 Å². The monoisotopic (exact) mass is 369 g/mol. The second-order valence-corrected chi connectivity index (χ2v) is 6.13. The molecule has 28 heavy (non-hydrogen) atoms. The van der Waals surface area contributed by atoms with Crippen molar-refractivity contribution in [2.75, 3.05) is 0 Å². The van der Waals surface area contributed by atoms with Gasteiger partial charge in [0.15, 0.2) is 5.75 Å². The van der Waals surface area contributed by atoms with Gasteiger partial charge in [-0.3, -0.25) is 4.79 Å². The zero-order valence-corrected chi connectivity index (χ0v) is 14.7. The number of fused-ring (bicyclic) bond motifs is 1. The van der Waals surface area contributed by atoms with E-state index in [9.17, 15) is 14.7 Å². The first-order valence-electron chi connectivity index (χ1n) is 8.63. The van der Waals surface area contributed by atoms with Gasteiger partial charge in [0.1, 0.15) is 22.5 Å². The third-order valence-electron chi connectivity index (χ3n) is 4.28. The molecule has 0 amide bonds. The lowest BCUT2D eigenvalue weighted by Crippen LogP contribution is -2.10. The van der Waals surface area contributed by atoms with Gasteiger partial charge in [-0.15, -0.1) is 0 Å². The maximum Gasteiger partial charge on any atom is 0.347 e. The Kier molecular flexibility index (Phi) is 4.56. The van der Waals surface area contributed by atoms with Crippen molar-refractivity contribution in [3.05, 3.63) is 102 Å². The maximum atomic E-state index is 12.7. The Bertz CT molecular complexity index is 1190. The number of hydrogen-bond donors (Lipinski definition) is 1. The van der Waals surface area contributed by atoms with E-state index in [2.05, 4.69) is 4.98 Å². The van der Waals surface area contributed by atoms with Crippen LogP contribution in [-0.4, -0.2) is 21.8 Å². The summed E-state index contributed by atoms with van der Waals surface area (Å²) in [6.07, 6.45) is 0. The number of carbonyl (C=O) groups is 2. The quantitative estimate of drug-likeness (QED) is 0.328. The summed E-state index contributed by atoms with van der Waals surface area (Å²) >= 11 is 0. The van der Waals surface area contributed by atoms with E-state index in [4.69, 9.17) is 4.74 Å². The molecule has 0 bridgehead atoms. The zero-order chi connectivity index (χ0) is 19.5. The summed E-state index contributed by atoms with van der Waals surface area (Å²) in [5.41, 5.74) is 1.23. The van der Waals surface area contributed by atoms with Gasteiger partial charge >= 0.3 is 5.97 Å². The van der Waals surface area contributed by atoms with E-state index in [0.29, 0.717) is 11.1 Å². The van der Waals surface area contributed by atoms with Crippen LogP contribution >= 0.6 is 0 Å². The standard InChI is InChI=1S/C23H15NO4/c25-19-11-5-4-10-17(19)23(27)28-20-12-6-9-15-13-14-18(24-21(15)20)22(26)16-7-2-1-3-8-16/h1-14,25H. The van der Waals surface area contributed by atoms with Gasteiger partial charge in [-0.05, 0) is 24.3 Å². The van der Waals surface area contributed by atoms with Crippen LogP contribution in [0.15, 0.2) is 84.9 Å². The highest BCUT2D eigenvalue weighted by Gasteiger charge is 2.17. The smallest absolute Gasteiger partial charge is 0.347 e. The summed E-state index contributed by atoms with van der Waals surface area (Å²) < 4.78 is 5.46. The molecule has 0 spiro atoms. The molecular formula is C23H15NO4. The number of phenols is 1. The molecule has 136 valence electrons. The number of pyridine rings is 1. The van der Waals surface area contributed by atoms with Crippen molar-refractivity contribution in [3.8, 4) is 11.5 Å². The third kappa shape index (κ3) is 3.33. The van der Waals surface area contributed by atoms with Gasteiger partial charge in [0.2, 0.25) is 5.78 Å². The third-order valence-corrected chi connectivity index (χ3v) is 4.28. The van der Waals surface area contributed by atoms with Crippen molar-refractivity contribution >= 4 is 22.7 Å². The highest BCUT2D eigenvalue weighted by Crippen LogP contribution is 2.27. The zero-order valence-electron chi connectivity index (χ0n) is 14.7. The van der Waals surface area contributed by atoms with Gasteiger partial charge in [0.05, 0.1) is 0 Å². The fourth-order valence-corrected chi connectivity index (χ4v) is 2.87. The SMILES string of the molecule is O=C(c1ccccc1)c1ccc2cccc(OC(=O)c3ccccc3O)c2n1. The first-order chi connectivity index (χ1) is 13.6. The topological polar surface area (TPSA) is 76.5 Å². The molecule has 0 saturated carbocycles. The number of benzene rings is 3. The van der Waals surface area contributed by atoms with Crippen LogP contribution in [0.2, 0.25) is 0 Å². The highest BCUT2D eigenvalue weighted by molar-refractivity contribution is 6.09. The minimum Gasteiger partial charge on any atom is -0.507 e. The van der Waals surface area contributed by atoms with Gasteiger partial charge in [-0.2, -0.15) is 0 Å². The van der Waals surface area contributed by atoms with E-state index in [1.54, 1.807) is 60.7 Å². The first kappa shape index (κ1) is 17.4. The molecule has 4 aromatic rings. The molecule has 5 heteroatoms. The number of ether oxygens (including phenoxy) is 1. The Balaban J connectivity index is 1.72. The second kappa shape index (κ2) is 7.32. The highest BCUT2D eigenvalue weighted by atomic mass is 16.5. The number of para-hydroxylation sites is 2. The normalized spacial score (nSPS) is 10.6. The summed E-state index contributed by atoms with van der Waals surface area (Å²) in [5.74, 6) is -0.870. The molecule has 0 aliphatic carbocycles. The van der Waals surface area contributed by atoms with Crippen LogP contribution in [0, 0.1) is 0 Å². The van der Waals surface area contributed by atoms with Crippen LogP contribution in [-0.2, 0) is 0 Å². The molecule has 0 fully saturated rings. The number of nitrogens with zero attached hydrogens (tertiary/aromatic N) is 1. The largest absolute Gasteiger partial charge is 0.507 e. The van der Waals surface area contributed by atoms with Crippen LogP contribution in [0.3, 0.4) is 0 Å². The molecule has 0 aliphatic heterocycles. The van der Waals surface area contributed by atoms with Crippen molar-refractivity contribution in [2.45, 2.75) is 0 Å². The molecule has 3 aromatic carbocycles. The Hall–Kier alpha value is -3.99. The van der Waals surface area contributed by atoms with Crippen molar-refractivity contribution in [2.24, 2.45) is 0 Å². The summed E-state index contributed by atoms with van der Waals surface area (Å²) in [7, 11) is 0. The maximum absolute atomic E-state index is 12.7. The van der Waals surface area contributed by atoms with E-state index in [-0.39, 0.29) is 28.5 Å². The van der Waals surface area contributed by atoms with Gasteiger partial charge < -0.3 is 9.84 Å². The number of ketones is 1. The number of aromatic nitrogens is 1.